The fourth-order valence-electron chi connectivity index (χ4n) is 4.20. The van der Waals surface area contributed by atoms with E-state index < -0.39 is 10.0 Å². The lowest BCUT2D eigenvalue weighted by atomic mass is 9.82. The van der Waals surface area contributed by atoms with Crippen LogP contribution in [0, 0.1) is 11.8 Å². The van der Waals surface area contributed by atoms with E-state index in [9.17, 15) is 8.42 Å². The molecule has 1 aliphatic heterocycles. The second kappa shape index (κ2) is 9.06. The van der Waals surface area contributed by atoms with Crippen molar-refractivity contribution in [2.24, 2.45) is 16.8 Å². The van der Waals surface area contributed by atoms with Crippen molar-refractivity contribution < 1.29 is 8.42 Å². The van der Waals surface area contributed by atoms with Gasteiger partial charge < -0.3 is 10.2 Å². The van der Waals surface area contributed by atoms with E-state index in [2.05, 4.69) is 21.9 Å². The number of hydrogen-bond acceptors (Lipinski definition) is 3. The number of fused-ring (bicyclic) bond motifs is 1. The van der Waals surface area contributed by atoms with Gasteiger partial charge >= 0.3 is 0 Å². The molecule has 0 amide bonds. The molecule has 150 valence electrons. The van der Waals surface area contributed by atoms with Crippen LogP contribution in [-0.4, -0.2) is 46.0 Å². The van der Waals surface area contributed by atoms with Crippen LogP contribution in [0.5, 0.6) is 0 Å². The molecule has 2 atom stereocenters. The van der Waals surface area contributed by atoms with Crippen LogP contribution in [0.15, 0.2) is 29.3 Å². The van der Waals surface area contributed by atoms with Crippen molar-refractivity contribution >= 4 is 16.0 Å². The first-order valence-corrected chi connectivity index (χ1v) is 11.7. The Bertz CT molecular complexity index is 732. The van der Waals surface area contributed by atoms with Crippen LogP contribution in [0.4, 0.5) is 0 Å². The second-order valence-corrected chi connectivity index (χ2v) is 9.59. The maximum Gasteiger partial charge on any atom is 0.215 e. The normalized spacial score (nSPS) is 23.3. The van der Waals surface area contributed by atoms with E-state index in [1.165, 1.54) is 32.7 Å². The molecule has 6 nitrogen and oxygen atoms in total. The number of nitrogens with zero attached hydrogens (tertiary/aromatic N) is 2. The fourth-order valence-corrected chi connectivity index (χ4v) is 4.98. The van der Waals surface area contributed by atoms with Gasteiger partial charge in [0, 0.05) is 19.6 Å². The number of benzene rings is 1. The highest BCUT2D eigenvalue weighted by Gasteiger charge is 2.35. The number of likely N-dealkylation sites (tertiary alicyclic amines) is 1. The van der Waals surface area contributed by atoms with Gasteiger partial charge in [0.15, 0.2) is 5.96 Å². The van der Waals surface area contributed by atoms with Gasteiger partial charge in [-0.15, -0.1) is 0 Å². The minimum Gasteiger partial charge on any atom is -0.357 e. The smallest absolute Gasteiger partial charge is 0.215 e. The summed E-state index contributed by atoms with van der Waals surface area (Å²) in [5, 5.41) is 3.44. The Kier molecular flexibility index (Phi) is 6.76. The predicted octanol–water partition coefficient (Wildman–Crippen LogP) is 2.32. The monoisotopic (exact) mass is 392 g/mol. The standard InChI is InChI=1S/C20H32N4O2S/c1-3-22-20(24-13-18-6-4-5-7-19(18)14-24)23-12-16-8-10-17(11-9-16)15-27(25,26)21-2/h8-11,18-19,21H,3-7,12-15H2,1-2H3,(H,22,23). The van der Waals surface area contributed by atoms with Gasteiger partial charge in [-0.3, -0.25) is 0 Å². The van der Waals surface area contributed by atoms with Crippen LogP contribution in [0.2, 0.25) is 0 Å². The largest absolute Gasteiger partial charge is 0.357 e. The zero-order chi connectivity index (χ0) is 19.3. The van der Waals surface area contributed by atoms with Gasteiger partial charge in [-0.2, -0.15) is 0 Å². The van der Waals surface area contributed by atoms with Gasteiger partial charge in [0.1, 0.15) is 0 Å². The number of aliphatic imine (C=N–C) groups is 1. The molecule has 0 bridgehead atoms. The van der Waals surface area contributed by atoms with Crippen molar-refractivity contribution in [3.8, 4) is 0 Å². The highest BCUT2D eigenvalue weighted by Crippen LogP contribution is 2.35. The Morgan fingerprint density at radius 3 is 2.26 bits per heavy atom. The summed E-state index contributed by atoms with van der Waals surface area (Å²) in [6.45, 7) is 5.82. The fraction of sp³-hybridized carbons (Fsp3) is 0.650. The Hall–Kier alpha value is -1.60. The number of sulfonamides is 1. The maximum atomic E-state index is 11.6. The van der Waals surface area contributed by atoms with Crippen molar-refractivity contribution in [3.05, 3.63) is 35.4 Å². The zero-order valence-corrected chi connectivity index (χ0v) is 17.3. The quantitative estimate of drug-likeness (QED) is 0.576. The van der Waals surface area contributed by atoms with Crippen molar-refractivity contribution in [2.75, 3.05) is 26.7 Å². The summed E-state index contributed by atoms with van der Waals surface area (Å²) in [5.41, 5.74) is 1.88. The molecule has 1 aromatic rings. The minimum atomic E-state index is -3.23. The summed E-state index contributed by atoms with van der Waals surface area (Å²) in [6.07, 6.45) is 5.46. The summed E-state index contributed by atoms with van der Waals surface area (Å²) in [6, 6.07) is 7.68. The van der Waals surface area contributed by atoms with Crippen LogP contribution < -0.4 is 10.0 Å². The number of rotatable bonds is 6. The molecule has 2 N–H and O–H groups in total. The van der Waals surface area contributed by atoms with Crippen LogP contribution in [0.1, 0.15) is 43.7 Å². The van der Waals surface area contributed by atoms with Crippen LogP contribution in [-0.2, 0) is 22.3 Å². The van der Waals surface area contributed by atoms with Crippen LogP contribution >= 0.6 is 0 Å². The minimum absolute atomic E-state index is 0.00619. The van der Waals surface area contributed by atoms with Gasteiger partial charge in [0.2, 0.25) is 10.0 Å². The van der Waals surface area contributed by atoms with E-state index in [4.69, 9.17) is 4.99 Å². The Labute approximate surface area is 163 Å². The lowest BCUT2D eigenvalue weighted by Gasteiger charge is -2.22. The highest BCUT2D eigenvalue weighted by atomic mass is 32.2. The first-order valence-electron chi connectivity index (χ1n) is 10.0. The first kappa shape index (κ1) is 20.1. The van der Waals surface area contributed by atoms with E-state index in [1.807, 2.05) is 24.3 Å². The molecule has 7 heteroatoms. The molecule has 1 heterocycles. The Morgan fingerprint density at radius 1 is 1.11 bits per heavy atom. The molecule has 1 saturated heterocycles. The molecule has 2 fully saturated rings. The molecule has 0 aromatic heterocycles. The van der Waals surface area contributed by atoms with E-state index in [0.717, 1.165) is 48.6 Å². The van der Waals surface area contributed by atoms with Crippen LogP contribution in [0.3, 0.4) is 0 Å². The summed E-state index contributed by atoms with van der Waals surface area (Å²) < 4.78 is 25.6. The molecular weight excluding hydrogens is 360 g/mol. The van der Waals surface area contributed by atoms with Crippen molar-refractivity contribution in [1.82, 2.24) is 14.9 Å². The van der Waals surface area contributed by atoms with Gasteiger partial charge in [-0.05, 0) is 49.8 Å². The molecular formula is C20H32N4O2S. The summed E-state index contributed by atoms with van der Waals surface area (Å²) in [7, 11) is -1.79. The SMILES string of the molecule is CCNC(=NCc1ccc(CS(=O)(=O)NC)cc1)N1CC2CCCCC2C1. The molecule has 3 rings (SSSR count). The van der Waals surface area contributed by atoms with Crippen LogP contribution in [0.25, 0.3) is 0 Å². The van der Waals surface area contributed by atoms with Gasteiger partial charge in [0.25, 0.3) is 0 Å². The highest BCUT2D eigenvalue weighted by molar-refractivity contribution is 7.88. The zero-order valence-electron chi connectivity index (χ0n) is 16.4. The molecule has 2 aliphatic rings. The lowest BCUT2D eigenvalue weighted by Crippen LogP contribution is -2.40. The molecule has 1 aliphatic carbocycles. The molecule has 0 radical (unpaired) electrons. The number of hydrogen-bond donors (Lipinski definition) is 2. The van der Waals surface area contributed by atoms with Crippen molar-refractivity contribution in [1.29, 1.82) is 0 Å². The summed E-state index contributed by atoms with van der Waals surface area (Å²) >= 11 is 0. The third kappa shape index (κ3) is 5.45. The third-order valence-corrected chi connectivity index (χ3v) is 7.05. The van der Waals surface area contributed by atoms with E-state index >= 15 is 0 Å². The van der Waals surface area contributed by atoms with Crippen molar-refractivity contribution in [3.63, 3.8) is 0 Å². The topological polar surface area (TPSA) is 73.8 Å². The average molecular weight is 393 g/mol. The van der Waals surface area contributed by atoms with E-state index in [0.29, 0.717) is 6.54 Å². The molecule has 2 unspecified atom stereocenters. The van der Waals surface area contributed by atoms with E-state index in [1.54, 1.807) is 0 Å². The number of nitrogens with one attached hydrogen (secondary N) is 2. The summed E-state index contributed by atoms with van der Waals surface area (Å²) in [4.78, 5) is 7.27. The lowest BCUT2D eigenvalue weighted by molar-refractivity contribution is 0.299. The van der Waals surface area contributed by atoms with Gasteiger partial charge in [-0.25, -0.2) is 18.1 Å². The Balaban J connectivity index is 1.63. The average Bonchev–Trinajstić information content (AvgIpc) is 3.10. The predicted molar refractivity (Wildman–Crippen MR) is 110 cm³/mol. The third-order valence-electron chi connectivity index (χ3n) is 5.71. The van der Waals surface area contributed by atoms with Crippen molar-refractivity contribution in [2.45, 2.75) is 44.9 Å². The summed E-state index contributed by atoms with van der Waals surface area (Å²) in [5.74, 6) is 2.67. The Morgan fingerprint density at radius 2 is 1.70 bits per heavy atom. The first-order chi connectivity index (χ1) is 13.0. The molecule has 1 aromatic carbocycles. The number of guanidine groups is 1. The molecule has 27 heavy (non-hydrogen) atoms. The van der Waals surface area contributed by atoms with Gasteiger partial charge in [0.05, 0.1) is 12.3 Å². The molecule has 1 saturated carbocycles. The molecule has 0 spiro atoms. The van der Waals surface area contributed by atoms with E-state index in [-0.39, 0.29) is 5.75 Å². The second-order valence-electron chi connectivity index (χ2n) is 7.66. The van der Waals surface area contributed by atoms with Gasteiger partial charge in [-0.1, -0.05) is 37.1 Å². The maximum absolute atomic E-state index is 11.6.